The molecule has 0 amide bonds. The summed E-state index contributed by atoms with van der Waals surface area (Å²) in [6.45, 7) is 2.23. The van der Waals surface area contributed by atoms with Crippen LogP contribution in [0.15, 0.2) is 24.3 Å². The van der Waals surface area contributed by atoms with E-state index in [1.54, 1.807) is 0 Å². The maximum atomic E-state index is 10.4. The Hall–Kier alpha value is -1.39. The van der Waals surface area contributed by atoms with Crippen molar-refractivity contribution in [1.82, 2.24) is 5.32 Å². The van der Waals surface area contributed by atoms with E-state index >= 15 is 0 Å². The topological polar surface area (TPSA) is 58.6 Å². The number of hydrogen-bond acceptors (Lipinski definition) is 3. The average Bonchev–Trinajstić information content (AvgIpc) is 2.38. The molecule has 2 rings (SSSR count). The summed E-state index contributed by atoms with van der Waals surface area (Å²) in [5.74, 6) is -0.740. The zero-order valence-electron chi connectivity index (χ0n) is 10.4. The predicted octanol–water partition coefficient (Wildman–Crippen LogP) is 1.75. The summed E-state index contributed by atoms with van der Waals surface area (Å²) in [5.41, 5.74) is 2.62. The Labute approximate surface area is 107 Å². The molecule has 18 heavy (non-hydrogen) atoms. The van der Waals surface area contributed by atoms with Crippen molar-refractivity contribution in [1.29, 1.82) is 0 Å². The van der Waals surface area contributed by atoms with E-state index in [0.29, 0.717) is 13.0 Å². The quantitative estimate of drug-likeness (QED) is 0.754. The molecule has 0 saturated carbocycles. The van der Waals surface area contributed by atoms with Crippen LogP contribution >= 0.6 is 0 Å². The summed E-state index contributed by atoms with van der Waals surface area (Å²) in [4.78, 5) is 10.4. The normalized spacial score (nSPS) is 18.3. The monoisotopic (exact) mass is 249 g/mol. The molecule has 1 aromatic carbocycles. The largest absolute Gasteiger partial charge is 0.481 e. The molecule has 1 aliphatic rings. The maximum absolute atomic E-state index is 10.4. The molecule has 0 aliphatic carbocycles. The second kappa shape index (κ2) is 6.52. The maximum Gasteiger partial charge on any atom is 0.303 e. The summed E-state index contributed by atoms with van der Waals surface area (Å²) in [6.07, 6.45) is 1.95. The van der Waals surface area contributed by atoms with Crippen LogP contribution in [0.5, 0.6) is 0 Å². The van der Waals surface area contributed by atoms with Gasteiger partial charge in [0.05, 0.1) is 12.7 Å². The van der Waals surface area contributed by atoms with E-state index in [-0.39, 0.29) is 12.5 Å². The number of fused-ring (bicyclic) bond motifs is 1. The van der Waals surface area contributed by atoms with Gasteiger partial charge in [-0.2, -0.15) is 0 Å². The van der Waals surface area contributed by atoms with Crippen LogP contribution in [0.25, 0.3) is 0 Å². The highest BCUT2D eigenvalue weighted by Crippen LogP contribution is 2.26. The molecule has 1 aromatic rings. The second-order valence-corrected chi connectivity index (χ2v) is 4.51. The minimum Gasteiger partial charge on any atom is -0.481 e. The Morgan fingerprint density at radius 1 is 1.44 bits per heavy atom. The molecule has 4 heteroatoms. The number of rotatable bonds is 6. The zero-order chi connectivity index (χ0) is 12.8. The van der Waals surface area contributed by atoms with Gasteiger partial charge in [0, 0.05) is 13.0 Å². The predicted molar refractivity (Wildman–Crippen MR) is 68.6 cm³/mol. The van der Waals surface area contributed by atoms with Crippen LogP contribution in [-0.4, -0.2) is 30.8 Å². The van der Waals surface area contributed by atoms with Gasteiger partial charge in [-0.1, -0.05) is 24.3 Å². The average molecular weight is 249 g/mol. The van der Waals surface area contributed by atoms with Crippen LogP contribution in [0.1, 0.15) is 30.1 Å². The van der Waals surface area contributed by atoms with E-state index in [1.165, 1.54) is 11.1 Å². The number of carboxylic acids is 1. The van der Waals surface area contributed by atoms with Crippen molar-refractivity contribution in [2.24, 2.45) is 0 Å². The Bertz CT molecular complexity index is 406. The Balaban J connectivity index is 1.79. The van der Waals surface area contributed by atoms with Gasteiger partial charge in [0.15, 0.2) is 0 Å². The van der Waals surface area contributed by atoms with Gasteiger partial charge in [-0.25, -0.2) is 0 Å². The van der Waals surface area contributed by atoms with E-state index in [9.17, 15) is 4.79 Å². The molecule has 0 spiro atoms. The SMILES string of the molecule is O=C(O)CCCNCC1OCCc2ccccc21. The lowest BCUT2D eigenvalue weighted by Gasteiger charge is -2.26. The highest BCUT2D eigenvalue weighted by atomic mass is 16.5. The first-order valence-corrected chi connectivity index (χ1v) is 6.39. The van der Waals surface area contributed by atoms with Crippen LogP contribution in [0.4, 0.5) is 0 Å². The molecule has 2 N–H and O–H groups in total. The lowest BCUT2D eigenvalue weighted by Crippen LogP contribution is -2.28. The van der Waals surface area contributed by atoms with Crippen molar-refractivity contribution < 1.29 is 14.6 Å². The molecule has 0 fully saturated rings. The zero-order valence-corrected chi connectivity index (χ0v) is 10.4. The third-order valence-electron chi connectivity index (χ3n) is 3.17. The van der Waals surface area contributed by atoms with E-state index in [2.05, 4.69) is 23.5 Å². The summed E-state index contributed by atoms with van der Waals surface area (Å²) < 4.78 is 5.75. The molecule has 0 radical (unpaired) electrons. The number of hydrogen-bond donors (Lipinski definition) is 2. The summed E-state index contributed by atoms with van der Waals surface area (Å²) in [6, 6.07) is 8.35. The fourth-order valence-electron chi connectivity index (χ4n) is 2.24. The second-order valence-electron chi connectivity index (χ2n) is 4.51. The summed E-state index contributed by atoms with van der Waals surface area (Å²) in [5, 5.41) is 11.8. The van der Waals surface area contributed by atoms with Crippen LogP contribution in [0.2, 0.25) is 0 Å². The smallest absolute Gasteiger partial charge is 0.303 e. The van der Waals surface area contributed by atoms with Gasteiger partial charge in [-0.05, 0) is 30.5 Å². The highest BCUT2D eigenvalue weighted by molar-refractivity contribution is 5.66. The molecule has 4 nitrogen and oxygen atoms in total. The molecule has 98 valence electrons. The van der Waals surface area contributed by atoms with Gasteiger partial charge in [-0.15, -0.1) is 0 Å². The van der Waals surface area contributed by atoms with Gasteiger partial charge in [0.2, 0.25) is 0 Å². The molecule has 1 atom stereocenters. The number of aliphatic carboxylic acids is 1. The number of carboxylic acid groups (broad SMARTS) is 1. The van der Waals surface area contributed by atoms with Gasteiger partial charge in [-0.3, -0.25) is 4.79 Å². The Morgan fingerprint density at radius 3 is 3.11 bits per heavy atom. The van der Waals surface area contributed by atoms with Crippen LogP contribution in [0, 0.1) is 0 Å². The standard InChI is InChI=1S/C14H19NO3/c16-14(17)6-3-8-15-10-13-12-5-2-1-4-11(12)7-9-18-13/h1-2,4-5,13,15H,3,6-10H2,(H,16,17). The molecule has 1 aliphatic heterocycles. The lowest BCUT2D eigenvalue weighted by atomic mass is 9.97. The third-order valence-corrected chi connectivity index (χ3v) is 3.17. The number of carbonyl (C=O) groups is 1. The van der Waals surface area contributed by atoms with Gasteiger partial charge in [0.25, 0.3) is 0 Å². The minimum atomic E-state index is -0.740. The molecule has 0 bridgehead atoms. The van der Waals surface area contributed by atoms with Gasteiger partial charge in [0.1, 0.15) is 0 Å². The van der Waals surface area contributed by atoms with E-state index in [1.807, 2.05) is 6.07 Å². The van der Waals surface area contributed by atoms with Crippen LogP contribution < -0.4 is 5.32 Å². The van der Waals surface area contributed by atoms with E-state index in [4.69, 9.17) is 9.84 Å². The molecular formula is C14H19NO3. The lowest BCUT2D eigenvalue weighted by molar-refractivity contribution is -0.137. The first kappa shape index (κ1) is 13.1. The van der Waals surface area contributed by atoms with Crippen molar-refractivity contribution in [3.05, 3.63) is 35.4 Å². The van der Waals surface area contributed by atoms with Crippen molar-refractivity contribution in [2.45, 2.75) is 25.4 Å². The summed E-state index contributed by atoms with van der Waals surface area (Å²) >= 11 is 0. The van der Waals surface area contributed by atoms with E-state index in [0.717, 1.165) is 19.6 Å². The molecule has 0 aromatic heterocycles. The Kier molecular flexibility index (Phi) is 4.73. The Morgan fingerprint density at radius 2 is 2.28 bits per heavy atom. The van der Waals surface area contributed by atoms with Crippen molar-refractivity contribution in [3.63, 3.8) is 0 Å². The van der Waals surface area contributed by atoms with E-state index < -0.39 is 5.97 Å². The number of ether oxygens (including phenoxy) is 1. The third kappa shape index (κ3) is 3.55. The number of benzene rings is 1. The van der Waals surface area contributed by atoms with Crippen molar-refractivity contribution in [3.8, 4) is 0 Å². The van der Waals surface area contributed by atoms with Crippen molar-refractivity contribution in [2.75, 3.05) is 19.7 Å². The van der Waals surface area contributed by atoms with Crippen LogP contribution in [0.3, 0.4) is 0 Å². The minimum absolute atomic E-state index is 0.0970. The molecule has 1 heterocycles. The first-order chi connectivity index (χ1) is 8.77. The number of nitrogens with one attached hydrogen (secondary N) is 1. The molecule has 1 unspecified atom stereocenters. The molecule has 0 saturated heterocycles. The molecular weight excluding hydrogens is 230 g/mol. The van der Waals surface area contributed by atoms with Crippen LogP contribution in [-0.2, 0) is 16.0 Å². The fourth-order valence-corrected chi connectivity index (χ4v) is 2.24. The van der Waals surface area contributed by atoms with Crippen molar-refractivity contribution >= 4 is 5.97 Å². The highest BCUT2D eigenvalue weighted by Gasteiger charge is 2.19. The van der Waals surface area contributed by atoms with Gasteiger partial charge < -0.3 is 15.2 Å². The fraction of sp³-hybridized carbons (Fsp3) is 0.500. The first-order valence-electron chi connectivity index (χ1n) is 6.39. The summed E-state index contributed by atoms with van der Waals surface area (Å²) in [7, 11) is 0. The van der Waals surface area contributed by atoms with Gasteiger partial charge >= 0.3 is 5.97 Å².